The number of carbonyl (C=O) groups is 2. The highest BCUT2D eigenvalue weighted by Crippen LogP contribution is 2.55. The van der Waals surface area contributed by atoms with E-state index < -0.39 is 11.9 Å². The van der Waals surface area contributed by atoms with Crippen molar-refractivity contribution in [3.63, 3.8) is 0 Å². The van der Waals surface area contributed by atoms with E-state index in [1.165, 1.54) is 0 Å². The van der Waals surface area contributed by atoms with Crippen LogP contribution in [0.2, 0.25) is 0 Å². The summed E-state index contributed by atoms with van der Waals surface area (Å²) in [5, 5.41) is 18.1. The third-order valence-electron chi connectivity index (χ3n) is 4.82. The summed E-state index contributed by atoms with van der Waals surface area (Å²) in [5.74, 6) is -0.302. The van der Waals surface area contributed by atoms with E-state index in [-0.39, 0.29) is 18.6 Å². The van der Waals surface area contributed by atoms with Crippen LogP contribution in [-0.4, -0.2) is 45.7 Å². The fraction of sp³-hybridized carbons (Fsp3) is 0.857. The van der Waals surface area contributed by atoms with Gasteiger partial charge in [0, 0.05) is 5.54 Å². The molecule has 0 spiro atoms. The van der Waals surface area contributed by atoms with E-state index in [4.69, 9.17) is 10.2 Å². The standard InChI is InChI=1S/C14H23NO4/c1-9-3-11-4-10(2)6-14(11,5-9)15(7-12(16)17)8-13(18)19/h9-11H,3-8H2,1-2H3,(H,16,17)(H,18,19). The second-order valence-electron chi connectivity index (χ2n) is 6.53. The van der Waals surface area contributed by atoms with Crippen molar-refractivity contribution in [2.45, 2.75) is 45.1 Å². The number of fused-ring (bicyclic) bond motifs is 1. The number of hydrogen-bond acceptors (Lipinski definition) is 3. The number of carboxylic acid groups (broad SMARTS) is 2. The molecule has 0 heterocycles. The van der Waals surface area contributed by atoms with Crippen LogP contribution in [0.25, 0.3) is 0 Å². The second-order valence-corrected chi connectivity index (χ2v) is 6.53. The van der Waals surface area contributed by atoms with Gasteiger partial charge in [-0.3, -0.25) is 14.5 Å². The Labute approximate surface area is 113 Å². The van der Waals surface area contributed by atoms with Crippen molar-refractivity contribution in [2.24, 2.45) is 17.8 Å². The second kappa shape index (κ2) is 5.12. The molecule has 0 amide bonds. The van der Waals surface area contributed by atoms with Gasteiger partial charge in [-0.25, -0.2) is 0 Å². The zero-order valence-corrected chi connectivity index (χ0v) is 11.6. The van der Waals surface area contributed by atoms with Crippen molar-refractivity contribution in [3.8, 4) is 0 Å². The van der Waals surface area contributed by atoms with E-state index in [1.807, 2.05) is 0 Å². The van der Waals surface area contributed by atoms with Crippen LogP contribution < -0.4 is 0 Å². The molecule has 5 heteroatoms. The zero-order chi connectivity index (χ0) is 14.2. The third-order valence-corrected chi connectivity index (χ3v) is 4.82. The van der Waals surface area contributed by atoms with Crippen LogP contribution in [0.3, 0.4) is 0 Å². The fourth-order valence-corrected chi connectivity index (χ4v) is 4.51. The Balaban J connectivity index is 2.26. The monoisotopic (exact) mass is 269 g/mol. The summed E-state index contributed by atoms with van der Waals surface area (Å²) in [6.45, 7) is 4.04. The van der Waals surface area contributed by atoms with E-state index in [0.29, 0.717) is 17.8 Å². The molecule has 0 aliphatic heterocycles. The largest absolute Gasteiger partial charge is 0.480 e. The van der Waals surface area contributed by atoms with E-state index in [1.54, 1.807) is 4.90 Å². The maximum absolute atomic E-state index is 11.1. The lowest BCUT2D eigenvalue weighted by atomic mass is 9.87. The molecule has 2 aliphatic carbocycles. The van der Waals surface area contributed by atoms with E-state index in [9.17, 15) is 9.59 Å². The van der Waals surface area contributed by atoms with Crippen LogP contribution in [0, 0.1) is 17.8 Å². The third kappa shape index (κ3) is 2.76. The minimum atomic E-state index is -0.937. The van der Waals surface area contributed by atoms with Crippen LogP contribution in [0.1, 0.15) is 39.5 Å². The molecule has 19 heavy (non-hydrogen) atoms. The molecular formula is C14H23NO4. The van der Waals surface area contributed by atoms with Gasteiger partial charge < -0.3 is 10.2 Å². The van der Waals surface area contributed by atoms with Gasteiger partial charge in [0.1, 0.15) is 0 Å². The van der Waals surface area contributed by atoms with Crippen molar-refractivity contribution >= 4 is 11.9 Å². The predicted molar refractivity (Wildman–Crippen MR) is 69.9 cm³/mol. The summed E-state index contributed by atoms with van der Waals surface area (Å²) in [7, 11) is 0. The molecule has 2 atom stereocenters. The van der Waals surface area contributed by atoms with E-state index >= 15 is 0 Å². The highest BCUT2D eigenvalue weighted by atomic mass is 16.4. The molecule has 0 bridgehead atoms. The Morgan fingerprint density at radius 3 is 1.84 bits per heavy atom. The van der Waals surface area contributed by atoms with Crippen molar-refractivity contribution in [1.82, 2.24) is 4.90 Å². The number of nitrogens with zero attached hydrogens (tertiary/aromatic N) is 1. The Hall–Kier alpha value is -1.10. The van der Waals surface area contributed by atoms with Crippen molar-refractivity contribution < 1.29 is 19.8 Å². The molecule has 0 radical (unpaired) electrons. The van der Waals surface area contributed by atoms with Crippen molar-refractivity contribution in [2.75, 3.05) is 13.1 Å². The summed E-state index contributed by atoms with van der Waals surface area (Å²) >= 11 is 0. The van der Waals surface area contributed by atoms with Gasteiger partial charge in [-0.05, 0) is 43.4 Å². The molecular weight excluding hydrogens is 246 g/mol. The van der Waals surface area contributed by atoms with Gasteiger partial charge in [0.2, 0.25) is 0 Å². The summed E-state index contributed by atoms with van der Waals surface area (Å²) in [5.41, 5.74) is -0.199. The lowest BCUT2D eigenvalue weighted by molar-refractivity contribution is -0.145. The van der Waals surface area contributed by atoms with Crippen LogP contribution in [0.5, 0.6) is 0 Å². The molecule has 2 N–H and O–H groups in total. The molecule has 2 fully saturated rings. The Morgan fingerprint density at radius 2 is 1.47 bits per heavy atom. The van der Waals surface area contributed by atoms with Gasteiger partial charge in [-0.15, -0.1) is 0 Å². The molecule has 2 rings (SSSR count). The highest BCUT2D eigenvalue weighted by Gasteiger charge is 2.54. The number of carboxylic acids is 2. The van der Waals surface area contributed by atoms with Crippen LogP contribution in [0.4, 0.5) is 0 Å². The Morgan fingerprint density at radius 1 is 1.05 bits per heavy atom. The summed E-state index contributed by atoms with van der Waals surface area (Å²) < 4.78 is 0. The molecule has 5 nitrogen and oxygen atoms in total. The maximum Gasteiger partial charge on any atom is 0.317 e. The van der Waals surface area contributed by atoms with Gasteiger partial charge in [0.15, 0.2) is 0 Å². The maximum atomic E-state index is 11.1. The molecule has 108 valence electrons. The molecule has 2 unspecified atom stereocenters. The normalized spacial score (nSPS) is 37.5. The van der Waals surface area contributed by atoms with E-state index in [0.717, 1.165) is 25.7 Å². The van der Waals surface area contributed by atoms with Crippen LogP contribution >= 0.6 is 0 Å². The first-order valence-corrected chi connectivity index (χ1v) is 7.02. The Kier molecular flexibility index (Phi) is 3.85. The van der Waals surface area contributed by atoms with Crippen molar-refractivity contribution in [1.29, 1.82) is 0 Å². The van der Waals surface area contributed by atoms with Crippen LogP contribution in [-0.2, 0) is 9.59 Å². The molecule has 0 saturated heterocycles. The topological polar surface area (TPSA) is 77.8 Å². The summed E-state index contributed by atoms with van der Waals surface area (Å²) in [4.78, 5) is 23.8. The smallest absolute Gasteiger partial charge is 0.317 e. The quantitative estimate of drug-likeness (QED) is 0.794. The van der Waals surface area contributed by atoms with Gasteiger partial charge >= 0.3 is 11.9 Å². The van der Waals surface area contributed by atoms with Gasteiger partial charge in [-0.2, -0.15) is 0 Å². The zero-order valence-electron chi connectivity index (χ0n) is 11.6. The highest BCUT2D eigenvalue weighted by molar-refractivity contribution is 5.73. The average Bonchev–Trinajstić information content (AvgIpc) is 2.67. The first-order chi connectivity index (χ1) is 8.83. The van der Waals surface area contributed by atoms with Gasteiger partial charge in [-0.1, -0.05) is 13.8 Å². The molecule has 0 aromatic rings. The van der Waals surface area contributed by atoms with Gasteiger partial charge in [0.25, 0.3) is 0 Å². The molecule has 0 aromatic carbocycles. The summed E-state index contributed by atoms with van der Waals surface area (Å²) in [6, 6.07) is 0. The predicted octanol–water partition coefficient (Wildman–Crippen LogP) is 1.67. The first kappa shape index (κ1) is 14.3. The number of aliphatic carboxylic acids is 2. The molecule has 0 aromatic heterocycles. The summed E-state index contributed by atoms with van der Waals surface area (Å²) in [6.07, 6.45) is 4.06. The lowest BCUT2D eigenvalue weighted by Crippen LogP contribution is -2.53. The SMILES string of the molecule is CC1CC2CC(C)CC2(N(CC(=O)O)CC(=O)O)C1. The lowest BCUT2D eigenvalue weighted by Gasteiger charge is -2.40. The van der Waals surface area contributed by atoms with E-state index in [2.05, 4.69) is 13.8 Å². The minimum Gasteiger partial charge on any atom is -0.480 e. The number of hydrogen-bond donors (Lipinski definition) is 2. The molecule has 2 saturated carbocycles. The number of rotatable bonds is 5. The average molecular weight is 269 g/mol. The fourth-order valence-electron chi connectivity index (χ4n) is 4.51. The van der Waals surface area contributed by atoms with Crippen molar-refractivity contribution in [3.05, 3.63) is 0 Å². The van der Waals surface area contributed by atoms with Crippen LogP contribution in [0.15, 0.2) is 0 Å². The van der Waals surface area contributed by atoms with Gasteiger partial charge in [0.05, 0.1) is 13.1 Å². The minimum absolute atomic E-state index is 0.164. The molecule has 2 aliphatic rings. The first-order valence-electron chi connectivity index (χ1n) is 7.02. The Bertz CT molecular complexity index is 352.